The van der Waals surface area contributed by atoms with Crippen molar-refractivity contribution >= 4 is 6.03 Å². The third-order valence-electron chi connectivity index (χ3n) is 6.64. The lowest BCUT2D eigenvalue weighted by molar-refractivity contribution is -0.297. The standard InChI is InChI=1S/C25H45N3O9/c1-12(2)7-8-15(36-23-22(32)19(26)21(31)14(5)35-23)9-18-20(28-24(33)27-6)17(30)11-25(34,37-18)10-16(29)13(3)4/h7-8,12,14-15,17-23,29-32,34H,9-11,26H2,1-6H3,(H2,27,28,33)/b8-7+/t14?,15-,17-,18-,19?,20+,21?,22?,23?,25+/m0/s1. The third kappa shape index (κ3) is 8.62. The van der Waals surface area contributed by atoms with Gasteiger partial charge in [0, 0.05) is 19.9 Å². The van der Waals surface area contributed by atoms with Crippen molar-refractivity contribution in [3.8, 4) is 0 Å². The van der Waals surface area contributed by atoms with Crippen LogP contribution in [0.4, 0.5) is 4.79 Å². The van der Waals surface area contributed by atoms with Crippen LogP contribution in [0.25, 0.3) is 0 Å². The fourth-order valence-electron chi connectivity index (χ4n) is 4.37. The van der Waals surface area contributed by atoms with Gasteiger partial charge in [-0.25, -0.2) is 4.79 Å². The second-order valence-electron chi connectivity index (χ2n) is 10.6. The molecule has 2 rings (SSSR count). The fraction of sp³-hybridized carbons (Fsp3) is 0.800. The third-order valence-corrected chi connectivity index (χ3v) is 6.64. The molecule has 2 aliphatic heterocycles. The van der Waals surface area contributed by atoms with E-state index in [1.807, 2.05) is 19.9 Å². The molecule has 0 bridgehead atoms. The Morgan fingerprint density at radius 1 is 1.22 bits per heavy atom. The van der Waals surface area contributed by atoms with Gasteiger partial charge in [0.25, 0.3) is 0 Å². The number of hydrogen-bond acceptors (Lipinski definition) is 10. The highest BCUT2D eigenvalue weighted by molar-refractivity contribution is 5.74. The summed E-state index contributed by atoms with van der Waals surface area (Å²) in [7, 11) is 1.43. The Bertz CT molecular complexity index is 819. The zero-order valence-corrected chi connectivity index (χ0v) is 22.5. The molecule has 0 aromatic rings. The Labute approximate surface area is 218 Å². The summed E-state index contributed by atoms with van der Waals surface area (Å²) in [5.74, 6) is -1.82. The number of carbonyl (C=O) groups excluding carboxylic acids is 1. The van der Waals surface area contributed by atoms with Gasteiger partial charge in [-0.05, 0) is 32.3 Å². The Balaban J connectivity index is 2.35. The van der Waals surface area contributed by atoms with Crippen molar-refractivity contribution in [2.45, 2.75) is 115 Å². The van der Waals surface area contributed by atoms with E-state index >= 15 is 0 Å². The lowest BCUT2D eigenvalue weighted by atomic mass is 9.88. The van der Waals surface area contributed by atoms with Crippen molar-refractivity contribution in [1.82, 2.24) is 10.6 Å². The van der Waals surface area contributed by atoms with E-state index in [0.717, 1.165) is 0 Å². The highest BCUT2D eigenvalue weighted by atomic mass is 16.7. The summed E-state index contributed by atoms with van der Waals surface area (Å²) in [4.78, 5) is 12.1. The van der Waals surface area contributed by atoms with Crippen LogP contribution in [0.3, 0.4) is 0 Å². The fourth-order valence-corrected chi connectivity index (χ4v) is 4.37. The van der Waals surface area contributed by atoms with E-state index < -0.39 is 66.8 Å². The molecule has 10 atom stereocenters. The molecule has 2 fully saturated rings. The Morgan fingerprint density at radius 3 is 2.43 bits per heavy atom. The Morgan fingerprint density at radius 2 is 1.86 bits per heavy atom. The first-order valence-corrected chi connectivity index (χ1v) is 12.7. The van der Waals surface area contributed by atoms with Gasteiger partial charge in [-0.2, -0.15) is 0 Å². The number of rotatable bonds is 9. The van der Waals surface area contributed by atoms with Crippen LogP contribution < -0.4 is 16.4 Å². The largest absolute Gasteiger partial charge is 0.512 e. The number of aliphatic hydroxyl groups excluding tert-OH is 4. The second kappa shape index (κ2) is 13.3. The number of amides is 2. The summed E-state index contributed by atoms with van der Waals surface area (Å²) in [5.41, 5.74) is 6.54. The summed E-state index contributed by atoms with van der Waals surface area (Å²) in [6.07, 6.45) is -4.02. The van der Waals surface area contributed by atoms with Crippen LogP contribution in [0.2, 0.25) is 0 Å². The first-order chi connectivity index (χ1) is 17.2. The van der Waals surface area contributed by atoms with E-state index in [1.54, 1.807) is 26.8 Å². The maximum absolute atomic E-state index is 12.1. The zero-order valence-electron chi connectivity index (χ0n) is 22.5. The molecule has 0 aromatic heterocycles. The van der Waals surface area contributed by atoms with Crippen LogP contribution in [0.5, 0.6) is 0 Å². The van der Waals surface area contributed by atoms with Crippen LogP contribution in [0.1, 0.15) is 53.9 Å². The van der Waals surface area contributed by atoms with Crippen molar-refractivity contribution in [2.24, 2.45) is 11.7 Å². The minimum atomic E-state index is -1.90. The minimum Gasteiger partial charge on any atom is -0.512 e. The van der Waals surface area contributed by atoms with Crippen molar-refractivity contribution in [1.29, 1.82) is 0 Å². The minimum absolute atomic E-state index is 0.0333. The number of nitrogens with one attached hydrogen (secondary N) is 2. The van der Waals surface area contributed by atoms with Crippen molar-refractivity contribution in [3.05, 3.63) is 23.5 Å². The van der Waals surface area contributed by atoms with Crippen molar-refractivity contribution in [3.63, 3.8) is 0 Å². The molecule has 214 valence electrons. The summed E-state index contributed by atoms with van der Waals surface area (Å²) < 4.78 is 17.7. The number of aliphatic hydroxyl groups is 5. The summed E-state index contributed by atoms with van der Waals surface area (Å²) in [6, 6.07) is -2.46. The summed E-state index contributed by atoms with van der Waals surface area (Å²) in [5, 5.41) is 58.1. The molecule has 2 amide bonds. The van der Waals surface area contributed by atoms with Gasteiger partial charge in [0.15, 0.2) is 12.1 Å². The molecule has 2 aliphatic rings. The van der Waals surface area contributed by atoms with Gasteiger partial charge in [0.2, 0.25) is 0 Å². The number of urea groups is 1. The number of nitrogens with two attached hydrogens (primary N) is 1. The Kier molecular flexibility index (Phi) is 11.3. The predicted octanol–water partition coefficient (Wildman–Crippen LogP) is 0.146. The smallest absolute Gasteiger partial charge is 0.314 e. The van der Waals surface area contributed by atoms with E-state index in [-0.39, 0.29) is 30.9 Å². The normalized spacial score (nSPS) is 37.4. The molecule has 0 spiro atoms. The maximum Gasteiger partial charge on any atom is 0.314 e. The molecular weight excluding hydrogens is 486 g/mol. The lowest BCUT2D eigenvalue weighted by Gasteiger charge is -2.46. The van der Waals surface area contributed by atoms with Crippen molar-refractivity contribution in [2.75, 3.05) is 7.05 Å². The molecule has 0 aliphatic carbocycles. The molecular formula is C25H45N3O9. The monoisotopic (exact) mass is 531 g/mol. The predicted molar refractivity (Wildman–Crippen MR) is 135 cm³/mol. The molecule has 12 nitrogen and oxygen atoms in total. The first-order valence-electron chi connectivity index (χ1n) is 12.7. The van der Waals surface area contributed by atoms with Gasteiger partial charge in [-0.1, -0.05) is 26.0 Å². The molecule has 37 heavy (non-hydrogen) atoms. The van der Waals surface area contributed by atoms with Crippen LogP contribution in [-0.4, -0.2) is 99.4 Å². The second-order valence-corrected chi connectivity index (χ2v) is 10.6. The molecule has 12 heteroatoms. The van der Waals surface area contributed by atoms with Crippen LogP contribution in [0, 0.1) is 5.92 Å². The summed E-state index contributed by atoms with van der Waals surface area (Å²) >= 11 is 0. The average Bonchev–Trinajstić information content (AvgIpc) is 2.81. The van der Waals surface area contributed by atoms with Gasteiger partial charge in [0.1, 0.15) is 6.10 Å². The van der Waals surface area contributed by atoms with Crippen LogP contribution in [0.15, 0.2) is 23.5 Å². The molecule has 2 heterocycles. The van der Waals surface area contributed by atoms with Gasteiger partial charge in [-0.15, -0.1) is 0 Å². The van der Waals surface area contributed by atoms with Gasteiger partial charge in [0.05, 0.1) is 54.8 Å². The summed E-state index contributed by atoms with van der Waals surface area (Å²) in [6.45, 7) is 8.91. The highest BCUT2D eigenvalue weighted by Gasteiger charge is 2.48. The molecule has 0 aromatic carbocycles. The van der Waals surface area contributed by atoms with Crippen LogP contribution >= 0.6 is 0 Å². The van der Waals surface area contributed by atoms with E-state index in [9.17, 15) is 30.3 Å². The quantitative estimate of drug-likeness (QED) is 0.150. The average molecular weight is 532 g/mol. The SMILES string of the molecule is CNC(=O)N[C@H]1[C@H](C[C@H](/C=C/C(C)C)OC2OC(C)C(O)C(N)C2O)O[C@](O)(CC(O)=C(C)C)C[C@@H]1O. The zero-order chi connectivity index (χ0) is 28.1. The lowest BCUT2D eigenvalue weighted by Crippen LogP contribution is -2.63. The molecule has 0 radical (unpaired) electrons. The van der Waals surface area contributed by atoms with Gasteiger partial charge in [-0.3, -0.25) is 0 Å². The van der Waals surface area contributed by atoms with E-state index in [4.69, 9.17) is 19.9 Å². The maximum atomic E-state index is 12.1. The van der Waals surface area contributed by atoms with E-state index in [0.29, 0.717) is 5.57 Å². The number of hydrogen-bond donors (Lipinski definition) is 8. The number of carbonyl (C=O) groups is 1. The van der Waals surface area contributed by atoms with Gasteiger partial charge < -0.3 is 56.1 Å². The van der Waals surface area contributed by atoms with Crippen LogP contribution in [-0.2, 0) is 14.2 Å². The molecule has 0 saturated carbocycles. The number of allylic oxidation sites excluding steroid dienone is 2. The highest BCUT2D eigenvalue weighted by Crippen LogP contribution is 2.35. The Hall–Kier alpha value is -1.77. The molecule has 9 N–H and O–H groups in total. The van der Waals surface area contributed by atoms with Crippen molar-refractivity contribution < 1.29 is 44.5 Å². The van der Waals surface area contributed by atoms with Gasteiger partial charge >= 0.3 is 6.03 Å². The van der Waals surface area contributed by atoms with E-state index in [2.05, 4.69) is 10.6 Å². The number of ether oxygens (including phenoxy) is 3. The molecule has 2 saturated heterocycles. The van der Waals surface area contributed by atoms with E-state index in [1.165, 1.54) is 7.05 Å². The first kappa shape index (κ1) is 31.4. The topological polar surface area (TPSA) is 196 Å². The molecule has 5 unspecified atom stereocenters.